The first-order valence-electron chi connectivity index (χ1n) is 7.35. The number of amides is 1. The van der Waals surface area contributed by atoms with Gasteiger partial charge in [0.1, 0.15) is 17.5 Å². The van der Waals surface area contributed by atoms with Crippen LogP contribution in [-0.4, -0.2) is 29.6 Å². The Morgan fingerprint density at radius 1 is 1.36 bits per heavy atom. The third kappa shape index (κ3) is 3.54. The molecule has 22 heavy (non-hydrogen) atoms. The molecule has 0 aliphatic carbocycles. The zero-order valence-corrected chi connectivity index (χ0v) is 13.5. The zero-order valence-electron chi connectivity index (χ0n) is 13.5. The summed E-state index contributed by atoms with van der Waals surface area (Å²) in [6.07, 6.45) is 1.37. The molecule has 2 rings (SSSR count). The number of aromatic nitrogens is 1. The molecule has 1 aromatic heterocycles. The van der Waals surface area contributed by atoms with Crippen LogP contribution in [0.5, 0.6) is 0 Å². The van der Waals surface area contributed by atoms with Crippen LogP contribution in [0.4, 0.5) is 0 Å². The van der Waals surface area contributed by atoms with Crippen molar-refractivity contribution in [2.75, 3.05) is 13.6 Å². The minimum atomic E-state index is -0.718. The smallest absolute Gasteiger partial charge is 0.258 e. The number of carbonyl (C=O) groups excluding carboxylic acids is 1. The van der Waals surface area contributed by atoms with E-state index in [9.17, 15) is 4.79 Å². The van der Waals surface area contributed by atoms with Crippen molar-refractivity contribution in [2.24, 2.45) is 5.73 Å². The maximum absolute atomic E-state index is 12.6. The number of nitrogens with two attached hydrogens (primary N) is 1. The molecule has 1 unspecified atom stereocenters. The molecule has 0 saturated heterocycles. The lowest BCUT2D eigenvalue weighted by atomic mass is 9.97. The van der Waals surface area contributed by atoms with Crippen molar-refractivity contribution in [3.05, 3.63) is 53.4 Å². The summed E-state index contributed by atoms with van der Waals surface area (Å²) in [5, 5.41) is 3.88. The van der Waals surface area contributed by atoms with Crippen molar-refractivity contribution < 1.29 is 9.32 Å². The number of hydrogen-bond donors (Lipinski definition) is 1. The molecule has 1 aromatic carbocycles. The Kier molecular flexibility index (Phi) is 4.66. The molecular weight excluding hydrogens is 278 g/mol. The largest absolute Gasteiger partial charge is 0.364 e. The monoisotopic (exact) mass is 301 g/mol. The number of rotatable bonds is 5. The first kappa shape index (κ1) is 16.2. The summed E-state index contributed by atoms with van der Waals surface area (Å²) >= 11 is 0. The second-order valence-electron chi connectivity index (χ2n) is 6.30. The van der Waals surface area contributed by atoms with Crippen LogP contribution in [0.1, 0.15) is 48.3 Å². The van der Waals surface area contributed by atoms with E-state index >= 15 is 0 Å². The Labute approximate surface area is 131 Å². The normalized spacial score (nSPS) is 13.0. The van der Waals surface area contributed by atoms with Gasteiger partial charge in [0.25, 0.3) is 5.91 Å². The predicted octanol–water partition coefficient (Wildman–Crippen LogP) is 2.74. The van der Waals surface area contributed by atoms with Crippen LogP contribution in [0.15, 0.2) is 41.1 Å². The van der Waals surface area contributed by atoms with Gasteiger partial charge in [-0.15, -0.1) is 0 Å². The Hall–Kier alpha value is -2.14. The number of benzene rings is 1. The molecule has 1 amide bonds. The van der Waals surface area contributed by atoms with Crippen molar-refractivity contribution in [3.8, 4) is 0 Å². The zero-order chi connectivity index (χ0) is 16.3. The maximum atomic E-state index is 12.6. The summed E-state index contributed by atoms with van der Waals surface area (Å²) in [7, 11) is 1.78. The SMILES string of the molecule is CC(CN(C)C(=O)c1conc1C(C)(C)N)c1ccccc1. The lowest BCUT2D eigenvalue weighted by molar-refractivity contribution is 0.0785. The van der Waals surface area contributed by atoms with Gasteiger partial charge in [-0.3, -0.25) is 4.79 Å². The minimum Gasteiger partial charge on any atom is -0.364 e. The maximum Gasteiger partial charge on any atom is 0.258 e. The number of likely N-dealkylation sites (N-methyl/N-ethyl adjacent to an activating group) is 1. The van der Waals surface area contributed by atoms with E-state index in [-0.39, 0.29) is 11.8 Å². The van der Waals surface area contributed by atoms with Crippen molar-refractivity contribution in [1.82, 2.24) is 10.1 Å². The average molecular weight is 301 g/mol. The van der Waals surface area contributed by atoms with Gasteiger partial charge < -0.3 is 15.2 Å². The molecule has 0 saturated carbocycles. The molecule has 5 heteroatoms. The Morgan fingerprint density at radius 3 is 2.59 bits per heavy atom. The highest BCUT2D eigenvalue weighted by Gasteiger charge is 2.28. The van der Waals surface area contributed by atoms with Gasteiger partial charge in [-0.1, -0.05) is 42.4 Å². The summed E-state index contributed by atoms with van der Waals surface area (Å²) in [4.78, 5) is 14.3. The molecule has 2 N–H and O–H groups in total. The first-order valence-corrected chi connectivity index (χ1v) is 7.35. The van der Waals surface area contributed by atoms with Crippen molar-refractivity contribution in [3.63, 3.8) is 0 Å². The molecule has 118 valence electrons. The van der Waals surface area contributed by atoms with Gasteiger partial charge in [-0.05, 0) is 25.3 Å². The van der Waals surface area contributed by atoms with Gasteiger partial charge in [0.2, 0.25) is 0 Å². The van der Waals surface area contributed by atoms with E-state index in [1.165, 1.54) is 11.8 Å². The van der Waals surface area contributed by atoms with E-state index in [4.69, 9.17) is 10.3 Å². The van der Waals surface area contributed by atoms with Gasteiger partial charge >= 0.3 is 0 Å². The molecule has 0 spiro atoms. The molecule has 1 atom stereocenters. The predicted molar refractivity (Wildman–Crippen MR) is 85.5 cm³/mol. The molecule has 0 aliphatic rings. The molecule has 2 aromatic rings. The molecule has 0 bridgehead atoms. The van der Waals surface area contributed by atoms with E-state index < -0.39 is 5.54 Å². The third-order valence-electron chi connectivity index (χ3n) is 3.67. The van der Waals surface area contributed by atoms with E-state index in [0.29, 0.717) is 17.8 Å². The van der Waals surface area contributed by atoms with E-state index in [0.717, 1.165) is 0 Å². The van der Waals surface area contributed by atoms with E-state index in [1.807, 2.05) is 18.2 Å². The minimum absolute atomic E-state index is 0.127. The summed E-state index contributed by atoms with van der Waals surface area (Å²) in [6, 6.07) is 10.1. The quantitative estimate of drug-likeness (QED) is 0.921. The average Bonchev–Trinajstić information content (AvgIpc) is 2.96. The van der Waals surface area contributed by atoms with Crippen LogP contribution in [0.3, 0.4) is 0 Å². The van der Waals surface area contributed by atoms with Crippen LogP contribution >= 0.6 is 0 Å². The highest BCUT2D eigenvalue weighted by Crippen LogP contribution is 2.22. The molecule has 1 heterocycles. The third-order valence-corrected chi connectivity index (χ3v) is 3.67. The molecule has 0 radical (unpaired) electrons. The van der Waals surface area contributed by atoms with Crippen molar-refractivity contribution in [2.45, 2.75) is 32.2 Å². The van der Waals surface area contributed by atoms with Crippen LogP contribution in [-0.2, 0) is 5.54 Å². The first-order chi connectivity index (χ1) is 10.3. The van der Waals surface area contributed by atoms with Crippen LogP contribution in [0, 0.1) is 0 Å². The molecular formula is C17H23N3O2. The highest BCUT2D eigenvalue weighted by molar-refractivity contribution is 5.95. The van der Waals surface area contributed by atoms with Gasteiger partial charge in [-0.2, -0.15) is 0 Å². The highest BCUT2D eigenvalue weighted by atomic mass is 16.5. The van der Waals surface area contributed by atoms with Crippen LogP contribution < -0.4 is 5.73 Å². The van der Waals surface area contributed by atoms with Gasteiger partial charge in [0.15, 0.2) is 0 Å². The number of carbonyl (C=O) groups is 1. The molecule has 0 fully saturated rings. The van der Waals surface area contributed by atoms with Crippen molar-refractivity contribution >= 4 is 5.91 Å². The molecule has 5 nitrogen and oxygen atoms in total. The van der Waals surface area contributed by atoms with E-state index in [1.54, 1.807) is 25.8 Å². The van der Waals surface area contributed by atoms with Crippen LogP contribution in [0.2, 0.25) is 0 Å². The van der Waals surface area contributed by atoms with Gasteiger partial charge in [-0.25, -0.2) is 0 Å². The van der Waals surface area contributed by atoms with E-state index in [2.05, 4.69) is 24.2 Å². The second kappa shape index (κ2) is 6.32. The fourth-order valence-corrected chi connectivity index (χ4v) is 2.44. The summed E-state index contributed by atoms with van der Waals surface area (Å²) in [6.45, 7) is 6.31. The Balaban J connectivity index is 2.12. The lowest BCUT2D eigenvalue weighted by Crippen LogP contribution is -2.35. The Morgan fingerprint density at radius 2 is 2.00 bits per heavy atom. The molecule has 0 aliphatic heterocycles. The number of hydrogen-bond acceptors (Lipinski definition) is 4. The Bertz CT molecular complexity index is 629. The van der Waals surface area contributed by atoms with Gasteiger partial charge in [0, 0.05) is 13.6 Å². The van der Waals surface area contributed by atoms with Crippen LogP contribution in [0.25, 0.3) is 0 Å². The lowest BCUT2D eigenvalue weighted by Gasteiger charge is -2.23. The standard InChI is InChI=1S/C17H23N3O2/c1-12(13-8-6-5-7-9-13)10-20(4)16(21)14-11-22-19-15(14)17(2,3)18/h5-9,11-12H,10,18H2,1-4H3. The summed E-state index contributed by atoms with van der Waals surface area (Å²) < 4.78 is 4.96. The summed E-state index contributed by atoms with van der Waals surface area (Å²) in [5.74, 6) is 0.113. The van der Waals surface area contributed by atoms with Crippen molar-refractivity contribution in [1.29, 1.82) is 0 Å². The fraction of sp³-hybridized carbons (Fsp3) is 0.412. The second-order valence-corrected chi connectivity index (χ2v) is 6.30. The fourth-order valence-electron chi connectivity index (χ4n) is 2.44. The number of nitrogens with zero attached hydrogens (tertiary/aromatic N) is 2. The summed E-state index contributed by atoms with van der Waals surface area (Å²) in [5.41, 5.74) is 7.43. The van der Waals surface area contributed by atoms with Gasteiger partial charge in [0.05, 0.1) is 5.54 Å². The topological polar surface area (TPSA) is 72.4 Å².